The molecule has 1 aliphatic rings. The van der Waals surface area contributed by atoms with E-state index in [4.69, 9.17) is 5.73 Å². The highest BCUT2D eigenvalue weighted by Gasteiger charge is 2.29. The standard InChI is InChI=1S/C10H11FN2O/c11-8-3-1-2-4-9(8)13-6-7(12)5-10(13)14/h1-4,7H,5-6,12H2/t7-/m1/s1. The molecule has 1 aromatic rings. The molecule has 74 valence electrons. The fourth-order valence-corrected chi connectivity index (χ4v) is 1.64. The van der Waals surface area contributed by atoms with Crippen molar-refractivity contribution in [3.05, 3.63) is 30.1 Å². The summed E-state index contributed by atoms with van der Waals surface area (Å²) in [5, 5.41) is 0. The molecular weight excluding hydrogens is 183 g/mol. The summed E-state index contributed by atoms with van der Waals surface area (Å²) in [7, 11) is 0. The quantitative estimate of drug-likeness (QED) is 0.721. The van der Waals surface area contributed by atoms with Crippen LogP contribution in [0.5, 0.6) is 0 Å². The van der Waals surface area contributed by atoms with Gasteiger partial charge < -0.3 is 10.6 Å². The number of amides is 1. The average molecular weight is 194 g/mol. The molecule has 0 unspecified atom stereocenters. The predicted octanol–water partition coefficient (Wildman–Crippen LogP) is 0.890. The largest absolute Gasteiger partial charge is 0.326 e. The van der Waals surface area contributed by atoms with Gasteiger partial charge in [0.1, 0.15) is 5.82 Å². The van der Waals surface area contributed by atoms with E-state index in [1.807, 2.05) is 0 Å². The highest BCUT2D eigenvalue weighted by molar-refractivity contribution is 5.96. The Bertz CT molecular complexity index is 367. The molecule has 0 spiro atoms. The Kier molecular flexibility index (Phi) is 2.21. The lowest BCUT2D eigenvalue weighted by atomic mass is 10.3. The molecule has 0 aromatic heterocycles. The maximum atomic E-state index is 13.3. The normalized spacial score (nSPS) is 21.7. The van der Waals surface area contributed by atoms with E-state index in [0.29, 0.717) is 18.7 Å². The molecule has 0 bridgehead atoms. The van der Waals surface area contributed by atoms with Crippen LogP contribution in [-0.2, 0) is 4.79 Å². The Morgan fingerprint density at radius 3 is 2.71 bits per heavy atom. The van der Waals surface area contributed by atoms with E-state index >= 15 is 0 Å². The molecule has 1 atom stereocenters. The van der Waals surface area contributed by atoms with E-state index in [-0.39, 0.29) is 17.8 Å². The molecule has 2 N–H and O–H groups in total. The number of para-hydroxylation sites is 1. The molecule has 1 fully saturated rings. The lowest BCUT2D eigenvalue weighted by molar-refractivity contribution is -0.117. The van der Waals surface area contributed by atoms with Gasteiger partial charge in [0.25, 0.3) is 0 Å². The van der Waals surface area contributed by atoms with Gasteiger partial charge in [-0.05, 0) is 12.1 Å². The lowest BCUT2D eigenvalue weighted by Gasteiger charge is -2.16. The summed E-state index contributed by atoms with van der Waals surface area (Å²) in [5.41, 5.74) is 5.94. The van der Waals surface area contributed by atoms with E-state index in [0.717, 1.165) is 0 Å². The minimum absolute atomic E-state index is 0.109. The first-order chi connectivity index (χ1) is 6.68. The van der Waals surface area contributed by atoms with Crippen molar-refractivity contribution < 1.29 is 9.18 Å². The SMILES string of the molecule is N[C@@H]1CC(=O)N(c2ccccc2F)C1. The molecular formula is C10H11FN2O. The Balaban J connectivity index is 2.32. The van der Waals surface area contributed by atoms with Crippen LogP contribution in [-0.4, -0.2) is 18.5 Å². The van der Waals surface area contributed by atoms with E-state index in [9.17, 15) is 9.18 Å². The summed E-state index contributed by atoms with van der Waals surface area (Å²) in [6.45, 7) is 0.403. The number of carbonyl (C=O) groups is 1. The topological polar surface area (TPSA) is 46.3 Å². The monoisotopic (exact) mass is 194 g/mol. The van der Waals surface area contributed by atoms with Crippen LogP contribution < -0.4 is 10.6 Å². The molecule has 1 saturated heterocycles. The number of nitrogens with zero attached hydrogens (tertiary/aromatic N) is 1. The number of rotatable bonds is 1. The van der Waals surface area contributed by atoms with Gasteiger partial charge in [-0.3, -0.25) is 4.79 Å². The van der Waals surface area contributed by atoms with Gasteiger partial charge >= 0.3 is 0 Å². The number of carbonyl (C=O) groups excluding carboxylic acids is 1. The van der Waals surface area contributed by atoms with Crippen LogP contribution in [0, 0.1) is 5.82 Å². The minimum atomic E-state index is -0.380. The summed E-state index contributed by atoms with van der Waals surface area (Å²) in [4.78, 5) is 12.8. The van der Waals surface area contributed by atoms with Crippen LogP contribution in [0.4, 0.5) is 10.1 Å². The number of anilines is 1. The van der Waals surface area contributed by atoms with Crippen LogP contribution >= 0.6 is 0 Å². The molecule has 14 heavy (non-hydrogen) atoms. The van der Waals surface area contributed by atoms with Crippen LogP contribution in [0.25, 0.3) is 0 Å². The Labute approximate surface area is 81.3 Å². The van der Waals surface area contributed by atoms with E-state index in [1.54, 1.807) is 18.2 Å². The van der Waals surface area contributed by atoms with Crippen molar-refractivity contribution in [2.45, 2.75) is 12.5 Å². The number of hydrogen-bond acceptors (Lipinski definition) is 2. The highest BCUT2D eigenvalue weighted by Crippen LogP contribution is 2.23. The molecule has 1 aromatic carbocycles. The fraction of sp³-hybridized carbons (Fsp3) is 0.300. The van der Waals surface area contributed by atoms with Crippen molar-refractivity contribution >= 4 is 11.6 Å². The number of benzene rings is 1. The second kappa shape index (κ2) is 3.38. The highest BCUT2D eigenvalue weighted by atomic mass is 19.1. The summed E-state index contributed by atoms with van der Waals surface area (Å²) < 4.78 is 13.3. The maximum Gasteiger partial charge on any atom is 0.228 e. The first-order valence-electron chi connectivity index (χ1n) is 4.49. The third-order valence-corrected chi connectivity index (χ3v) is 2.30. The molecule has 0 radical (unpaired) electrons. The van der Waals surface area contributed by atoms with Crippen LogP contribution in [0.1, 0.15) is 6.42 Å². The molecule has 0 aliphatic carbocycles. The van der Waals surface area contributed by atoms with Gasteiger partial charge in [0.15, 0.2) is 0 Å². The van der Waals surface area contributed by atoms with Crippen molar-refractivity contribution in [3.8, 4) is 0 Å². The summed E-state index contributed by atoms with van der Waals surface area (Å²) in [5.74, 6) is -0.488. The second-order valence-corrected chi connectivity index (χ2v) is 3.42. The van der Waals surface area contributed by atoms with Gasteiger partial charge in [0.2, 0.25) is 5.91 Å². The molecule has 4 heteroatoms. The van der Waals surface area contributed by atoms with Crippen molar-refractivity contribution in [1.29, 1.82) is 0 Å². The van der Waals surface area contributed by atoms with Crippen molar-refractivity contribution in [2.75, 3.05) is 11.4 Å². The predicted molar refractivity (Wildman–Crippen MR) is 51.3 cm³/mol. The minimum Gasteiger partial charge on any atom is -0.326 e. The van der Waals surface area contributed by atoms with E-state index in [2.05, 4.69) is 0 Å². The van der Waals surface area contributed by atoms with Gasteiger partial charge in [-0.1, -0.05) is 12.1 Å². The van der Waals surface area contributed by atoms with Gasteiger partial charge in [0.05, 0.1) is 5.69 Å². The van der Waals surface area contributed by atoms with Crippen LogP contribution in [0.3, 0.4) is 0 Å². The van der Waals surface area contributed by atoms with Crippen LogP contribution in [0.2, 0.25) is 0 Å². The average Bonchev–Trinajstić information content (AvgIpc) is 2.46. The summed E-state index contributed by atoms with van der Waals surface area (Å²) in [6, 6.07) is 6.05. The Morgan fingerprint density at radius 1 is 1.43 bits per heavy atom. The first-order valence-corrected chi connectivity index (χ1v) is 4.49. The lowest BCUT2D eigenvalue weighted by Crippen LogP contribution is -2.28. The zero-order valence-electron chi connectivity index (χ0n) is 7.61. The Hall–Kier alpha value is -1.42. The third-order valence-electron chi connectivity index (χ3n) is 2.30. The second-order valence-electron chi connectivity index (χ2n) is 3.42. The van der Waals surface area contributed by atoms with Gasteiger partial charge in [-0.15, -0.1) is 0 Å². The first kappa shape index (κ1) is 9.15. The third kappa shape index (κ3) is 1.48. The molecule has 3 nitrogen and oxygen atoms in total. The summed E-state index contributed by atoms with van der Waals surface area (Å²) >= 11 is 0. The van der Waals surface area contributed by atoms with Gasteiger partial charge in [-0.25, -0.2) is 4.39 Å². The molecule has 1 amide bonds. The number of halogens is 1. The van der Waals surface area contributed by atoms with Crippen LogP contribution in [0.15, 0.2) is 24.3 Å². The molecule has 1 aliphatic heterocycles. The number of hydrogen-bond donors (Lipinski definition) is 1. The number of nitrogens with two attached hydrogens (primary N) is 1. The zero-order valence-corrected chi connectivity index (χ0v) is 7.61. The van der Waals surface area contributed by atoms with E-state index in [1.165, 1.54) is 11.0 Å². The molecule has 1 heterocycles. The molecule has 0 saturated carbocycles. The summed E-state index contributed by atoms with van der Waals surface area (Å²) in [6.07, 6.45) is 0.300. The maximum absolute atomic E-state index is 13.3. The van der Waals surface area contributed by atoms with Crippen molar-refractivity contribution in [2.24, 2.45) is 5.73 Å². The molecule has 2 rings (SSSR count). The fourth-order valence-electron chi connectivity index (χ4n) is 1.64. The van der Waals surface area contributed by atoms with Crippen molar-refractivity contribution in [1.82, 2.24) is 0 Å². The van der Waals surface area contributed by atoms with Gasteiger partial charge in [-0.2, -0.15) is 0 Å². The smallest absolute Gasteiger partial charge is 0.228 e. The van der Waals surface area contributed by atoms with E-state index < -0.39 is 0 Å². The van der Waals surface area contributed by atoms with Crippen molar-refractivity contribution in [3.63, 3.8) is 0 Å². The zero-order chi connectivity index (χ0) is 10.1. The Morgan fingerprint density at radius 2 is 2.14 bits per heavy atom. The van der Waals surface area contributed by atoms with Gasteiger partial charge in [0, 0.05) is 19.0 Å².